The molecule has 158 valence electrons. The molecule has 1 aliphatic rings. The summed E-state index contributed by atoms with van der Waals surface area (Å²) in [5, 5.41) is 16.2. The number of hydrogen-bond acceptors (Lipinski definition) is 5. The molecular formula is C23H28N4O3. The van der Waals surface area contributed by atoms with Gasteiger partial charge in [0.05, 0.1) is 17.8 Å². The zero-order chi connectivity index (χ0) is 21.7. The van der Waals surface area contributed by atoms with Crippen LogP contribution in [0.1, 0.15) is 52.0 Å². The first-order chi connectivity index (χ1) is 14.3. The van der Waals surface area contributed by atoms with Crippen molar-refractivity contribution in [3.63, 3.8) is 0 Å². The lowest BCUT2D eigenvalue weighted by Gasteiger charge is -2.36. The Kier molecular flexibility index (Phi) is 6.56. The smallest absolute Gasteiger partial charge is 0.309 e. The average molecular weight is 409 g/mol. The summed E-state index contributed by atoms with van der Waals surface area (Å²) >= 11 is 0. The van der Waals surface area contributed by atoms with Crippen molar-refractivity contribution in [2.45, 2.75) is 46.5 Å². The van der Waals surface area contributed by atoms with Crippen molar-refractivity contribution >= 4 is 17.7 Å². The normalized spacial score (nSPS) is 19.0. The molecule has 1 fully saturated rings. The second-order valence-electron chi connectivity index (χ2n) is 8.84. The maximum Gasteiger partial charge on any atom is 0.309 e. The number of aromatic nitrogens is 2. The molecule has 0 bridgehead atoms. The second-order valence-corrected chi connectivity index (χ2v) is 8.84. The highest BCUT2D eigenvalue weighted by molar-refractivity contribution is 5.93. The van der Waals surface area contributed by atoms with Crippen LogP contribution < -0.4 is 5.32 Å². The third kappa shape index (κ3) is 5.07. The molecule has 1 aromatic carbocycles. The Morgan fingerprint density at radius 3 is 2.47 bits per heavy atom. The van der Waals surface area contributed by atoms with E-state index >= 15 is 0 Å². The van der Waals surface area contributed by atoms with Gasteiger partial charge in [0.15, 0.2) is 12.4 Å². The summed E-state index contributed by atoms with van der Waals surface area (Å²) in [7, 11) is 0. The number of esters is 1. The topological polar surface area (TPSA) is 97.0 Å². The minimum atomic E-state index is -0.499. The Labute approximate surface area is 177 Å². The van der Waals surface area contributed by atoms with E-state index in [-0.39, 0.29) is 35.3 Å². The van der Waals surface area contributed by atoms with E-state index in [1.165, 1.54) is 10.9 Å². The van der Waals surface area contributed by atoms with E-state index in [2.05, 4.69) is 31.2 Å². The van der Waals surface area contributed by atoms with Gasteiger partial charge in [0.25, 0.3) is 5.91 Å². The van der Waals surface area contributed by atoms with Crippen LogP contribution in [-0.4, -0.2) is 28.3 Å². The van der Waals surface area contributed by atoms with Crippen LogP contribution in [-0.2, 0) is 14.3 Å². The van der Waals surface area contributed by atoms with Crippen LogP contribution in [0.25, 0.3) is 5.69 Å². The average Bonchev–Trinajstić information content (AvgIpc) is 3.14. The lowest BCUT2D eigenvalue weighted by atomic mass is 9.70. The predicted octanol–water partition coefficient (Wildman–Crippen LogP) is 4.08. The van der Waals surface area contributed by atoms with E-state index in [1.807, 2.05) is 36.4 Å². The lowest BCUT2D eigenvalue weighted by Crippen LogP contribution is -2.31. The summed E-state index contributed by atoms with van der Waals surface area (Å²) in [5.41, 5.74) is 1.19. The molecule has 1 saturated carbocycles. The number of carbonyl (C=O) groups is 2. The molecule has 0 atom stereocenters. The number of hydrogen-bond donors (Lipinski definition) is 1. The fraction of sp³-hybridized carbons (Fsp3) is 0.478. The van der Waals surface area contributed by atoms with E-state index in [1.54, 1.807) is 0 Å². The first-order valence-electron chi connectivity index (χ1n) is 10.3. The summed E-state index contributed by atoms with van der Waals surface area (Å²) in [6.45, 7) is 6.31. The van der Waals surface area contributed by atoms with Gasteiger partial charge in [-0.3, -0.25) is 9.59 Å². The SMILES string of the molecule is CC(C)(C)C1CCC(C(=O)OCC(=O)Nc2c(C#N)cnn2-c2ccccc2)CC1. The molecule has 2 aromatic rings. The summed E-state index contributed by atoms with van der Waals surface area (Å²) in [6.07, 6.45) is 4.97. The van der Waals surface area contributed by atoms with E-state index in [9.17, 15) is 14.9 Å². The molecule has 1 heterocycles. The highest BCUT2D eigenvalue weighted by atomic mass is 16.5. The van der Waals surface area contributed by atoms with Crippen LogP contribution in [0.5, 0.6) is 0 Å². The zero-order valence-electron chi connectivity index (χ0n) is 17.7. The van der Waals surface area contributed by atoms with Gasteiger partial charge in [0.1, 0.15) is 11.6 Å². The highest BCUT2D eigenvalue weighted by Crippen LogP contribution is 2.40. The number of nitrogens with one attached hydrogen (secondary N) is 1. The first kappa shape index (κ1) is 21.6. The van der Waals surface area contributed by atoms with Crippen LogP contribution in [0.3, 0.4) is 0 Å². The van der Waals surface area contributed by atoms with Gasteiger partial charge in [0.2, 0.25) is 0 Å². The van der Waals surface area contributed by atoms with Crippen molar-refractivity contribution in [1.29, 1.82) is 5.26 Å². The Morgan fingerprint density at radius 2 is 1.87 bits per heavy atom. The molecule has 0 radical (unpaired) electrons. The van der Waals surface area contributed by atoms with Gasteiger partial charge in [-0.1, -0.05) is 39.0 Å². The first-order valence-corrected chi connectivity index (χ1v) is 10.3. The number of nitrogens with zero attached hydrogens (tertiary/aromatic N) is 3. The summed E-state index contributed by atoms with van der Waals surface area (Å²) in [6, 6.07) is 11.2. The molecule has 0 saturated heterocycles. The zero-order valence-corrected chi connectivity index (χ0v) is 17.7. The summed E-state index contributed by atoms with van der Waals surface area (Å²) in [4.78, 5) is 24.8. The molecule has 1 amide bonds. The van der Waals surface area contributed by atoms with Gasteiger partial charge >= 0.3 is 5.97 Å². The molecule has 1 N–H and O–H groups in total. The Bertz CT molecular complexity index is 930. The number of ether oxygens (including phenoxy) is 1. The minimum Gasteiger partial charge on any atom is -0.455 e. The fourth-order valence-electron chi connectivity index (χ4n) is 3.93. The molecule has 7 nitrogen and oxygen atoms in total. The van der Waals surface area contributed by atoms with Crippen LogP contribution >= 0.6 is 0 Å². The molecular weight excluding hydrogens is 380 g/mol. The number of para-hydroxylation sites is 1. The third-order valence-corrected chi connectivity index (χ3v) is 5.78. The van der Waals surface area contributed by atoms with Crippen molar-refractivity contribution in [2.24, 2.45) is 17.3 Å². The van der Waals surface area contributed by atoms with Gasteiger partial charge in [-0.2, -0.15) is 10.4 Å². The third-order valence-electron chi connectivity index (χ3n) is 5.78. The number of amides is 1. The van der Waals surface area contributed by atoms with Crippen molar-refractivity contribution in [2.75, 3.05) is 11.9 Å². The molecule has 1 aliphatic carbocycles. The summed E-state index contributed by atoms with van der Waals surface area (Å²) < 4.78 is 6.75. The van der Waals surface area contributed by atoms with E-state index in [4.69, 9.17) is 4.74 Å². The highest BCUT2D eigenvalue weighted by Gasteiger charge is 2.33. The molecule has 30 heavy (non-hydrogen) atoms. The molecule has 0 unspecified atom stereocenters. The van der Waals surface area contributed by atoms with Crippen LogP contribution in [0.4, 0.5) is 5.82 Å². The van der Waals surface area contributed by atoms with E-state index < -0.39 is 5.91 Å². The van der Waals surface area contributed by atoms with E-state index in [0.29, 0.717) is 11.6 Å². The van der Waals surface area contributed by atoms with E-state index in [0.717, 1.165) is 25.7 Å². The largest absolute Gasteiger partial charge is 0.455 e. The monoisotopic (exact) mass is 408 g/mol. The number of benzene rings is 1. The number of carbonyl (C=O) groups excluding carboxylic acids is 2. The van der Waals surface area contributed by atoms with Crippen molar-refractivity contribution in [3.05, 3.63) is 42.1 Å². The quantitative estimate of drug-likeness (QED) is 0.752. The maximum absolute atomic E-state index is 12.4. The van der Waals surface area contributed by atoms with Crippen molar-refractivity contribution in [3.8, 4) is 11.8 Å². The molecule has 1 aromatic heterocycles. The van der Waals surface area contributed by atoms with Gasteiger partial charge in [-0.15, -0.1) is 0 Å². The Hall–Kier alpha value is -3.14. The van der Waals surface area contributed by atoms with Crippen molar-refractivity contribution in [1.82, 2.24) is 9.78 Å². The molecule has 0 spiro atoms. The van der Waals surface area contributed by atoms with Gasteiger partial charge in [-0.05, 0) is 49.1 Å². The Morgan fingerprint density at radius 1 is 1.20 bits per heavy atom. The van der Waals surface area contributed by atoms with Gasteiger partial charge in [-0.25, -0.2) is 4.68 Å². The maximum atomic E-state index is 12.4. The number of nitriles is 1. The standard InChI is InChI=1S/C23H28N4O3/c1-23(2,3)18-11-9-16(10-12-18)22(29)30-15-20(28)26-21-17(13-24)14-25-27(21)19-7-5-4-6-8-19/h4-8,14,16,18H,9-12,15H2,1-3H3,(H,26,28). The minimum absolute atomic E-state index is 0.152. The van der Waals surface area contributed by atoms with Gasteiger partial charge in [0, 0.05) is 0 Å². The van der Waals surface area contributed by atoms with Crippen LogP contribution in [0, 0.1) is 28.6 Å². The van der Waals surface area contributed by atoms with Crippen LogP contribution in [0.15, 0.2) is 36.5 Å². The summed E-state index contributed by atoms with van der Waals surface area (Å²) in [5.74, 6) is -0.112. The molecule has 0 aliphatic heterocycles. The van der Waals surface area contributed by atoms with Gasteiger partial charge < -0.3 is 10.1 Å². The van der Waals surface area contributed by atoms with Crippen molar-refractivity contribution < 1.29 is 14.3 Å². The lowest BCUT2D eigenvalue weighted by molar-refractivity contribution is -0.153. The molecule has 7 heteroatoms. The number of anilines is 1. The van der Waals surface area contributed by atoms with Crippen LogP contribution in [0.2, 0.25) is 0 Å². The predicted molar refractivity (Wildman–Crippen MR) is 113 cm³/mol. The molecule has 3 rings (SSSR count). The number of rotatable bonds is 5. The fourth-order valence-corrected chi connectivity index (χ4v) is 3.93. The Balaban J connectivity index is 1.56. The second kappa shape index (κ2) is 9.12.